The molecule has 0 fully saturated rings. The van der Waals surface area contributed by atoms with Crippen molar-refractivity contribution in [2.75, 3.05) is 10.8 Å². The second-order valence-corrected chi connectivity index (χ2v) is 14.5. The molecule has 0 bridgehead atoms. The largest absolute Gasteiger partial charge is 0.352 e. The zero-order chi connectivity index (χ0) is 33.6. The van der Waals surface area contributed by atoms with Gasteiger partial charge in [0.1, 0.15) is 12.6 Å². The Kier molecular flexibility index (Phi) is 12.0. The Balaban J connectivity index is 1.86. The number of benzene rings is 4. The monoisotopic (exact) mass is 719 g/mol. The lowest BCUT2D eigenvalue weighted by molar-refractivity contribution is -0.140. The number of rotatable bonds is 12. The third kappa shape index (κ3) is 8.75. The van der Waals surface area contributed by atoms with E-state index in [-0.39, 0.29) is 44.7 Å². The molecule has 0 radical (unpaired) electrons. The van der Waals surface area contributed by atoms with Gasteiger partial charge in [-0.1, -0.05) is 107 Å². The first-order valence-corrected chi connectivity index (χ1v) is 17.3. The minimum absolute atomic E-state index is 0.0128. The number of hydrogen-bond acceptors (Lipinski definition) is 4. The summed E-state index contributed by atoms with van der Waals surface area (Å²) in [5.41, 5.74) is 2.18. The van der Waals surface area contributed by atoms with Crippen molar-refractivity contribution in [2.24, 2.45) is 0 Å². The van der Waals surface area contributed by atoms with Crippen LogP contribution in [0, 0.1) is 6.92 Å². The van der Waals surface area contributed by atoms with Crippen LogP contribution in [-0.4, -0.2) is 43.8 Å². The van der Waals surface area contributed by atoms with Gasteiger partial charge < -0.3 is 10.2 Å². The minimum atomic E-state index is -4.35. The summed E-state index contributed by atoms with van der Waals surface area (Å²) < 4.78 is 29.3. The number of nitrogens with one attached hydrogen (secondary N) is 1. The molecule has 0 heterocycles. The van der Waals surface area contributed by atoms with Gasteiger partial charge in [0.05, 0.1) is 20.6 Å². The smallest absolute Gasteiger partial charge is 0.264 e. The second kappa shape index (κ2) is 15.5. The van der Waals surface area contributed by atoms with Crippen LogP contribution in [0.4, 0.5) is 5.69 Å². The highest BCUT2D eigenvalue weighted by Gasteiger charge is 2.36. The van der Waals surface area contributed by atoms with Crippen molar-refractivity contribution in [3.8, 4) is 0 Å². The number of halogens is 4. The van der Waals surface area contributed by atoms with E-state index in [4.69, 9.17) is 46.4 Å². The Morgan fingerprint density at radius 2 is 1.50 bits per heavy atom. The zero-order valence-electron chi connectivity index (χ0n) is 25.4. The lowest BCUT2D eigenvalue weighted by Gasteiger charge is -2.34. The number of aryl methyl sites for hydroxylation is 1. The fourth-order valence-corrected chi connectivity index (χ4v) is 7.15. The molecular formula is C34H33Cl4N3O4S. The maximum absolute atomic E-state index is 14.6. The van der Waals surface area contributed by atoms with Crippen LogP contribution >= 0.6 is 46.4 Å². The number of hydrogen-bond donors (Lipinski definition) is 1. The minimum Gasteiger partial charge on any atom is -0.352 e. The molecule has 2 amide bonds. The average Bonchev–Trinajstić information content (AvgIpc) is 3.00. The third-order valence-corrected chi connectivity index (χ3v) is 10.3. The van der Waals surface area contributed by atoms with Crippen LogP contribution in [0.1, 0.15) is 30.5 Å². The molecule has 0 spiro atoms. The summed E-state index contributed by atoms with van der Waals surface area (Å²) in [6, 6.07) is 23.6. The molecule has 4 rings (SSSR count). The molecule has 1 atom stereocenters. The number of carbonyl (C=O) groups is 2. The topological polar surface area (TPSA) is 86.8 Å². The van der Waals surface area contributed by atoms with E-state index in [0.717, 1.165) is 15.4 Å². The first-order valence-electron chi connectivity index (χ1n) is 14.4. The van der Waals surface area contributed by atoms with Crippen molar-refractivity contribution in [3.63, 3.8) is 0 Å². The number of nitrogens with zero attached hydrogens (tertiary/aromatic N) is 2. The molecule has 7 nitrogen and oxygen atoms in total. The van der Waals surface area contributed by atoms with E-state index in [1.807, 2.05) is 51.1 Å². The van der Waals surface area contributed by atoms with Crippen molar-refractivity contribution in [3.05, 3.63) is 128 Å². The van der Waals surface area contributed by atoms with Gasteiger partial charge in [0.25, 0.3) is 10.0 Å². The van der Waals surface area contributed by atoms with Crippen LogP contribution in [0.25, 0.3) is 0 Å². The summed E-state index contributed by atoms with van der Waals surface area (Å²) in [5, 5.41) is 3.67. The van der Waals surface area contributed by atoms with Crippen LogP contribution in [-0.2, 0) is 32.6 Å². The summed E-state index contributed by atoms with van der Waals surface area (Å²) in [6.45, 7) is 4.66. The van der Waals surface area contributed by atoms with Crippen molar-refractivity contribution in [1.82, 2.24) is 10.2 Å². The van der Waals surface area contributed by atoms with Gasteiger partial charge in [0, 0.05) is 29.1 Å². The third-order valence-electron chi connectivity index (χ3n) is 7.15. The summed E-state index contributed by atoms with van der Waals surface area (Å²) in [6.07, 6.45) is 0.152. The van der Waals surface area contributed by atoms with Gasteiger partial charge in [-0.2, -0.15) is 0 Å². The normalized spacial score (nSPS) is 12.1. The maximum Gasteiger partial charge on any atom is 0.264 e. The Hall–Kier alpha value is -3.27. The van der Waals surface area contributed by atoms with Gasteiger partial charge in [-0.3, -0.25) is 13.9 Å². The highest BCUT2D eigenvalue weighted by Crippen LogP contribution is 2.36. The van der Waals surface area contributed by atoms with Crippen LogP contribution < -0.4 is 9.62 Å². The first kappa shape index (κ1) is 35.6. The summed E-state index contributed by atoms with van der Waals surface area (Å²) >= 11 is 25.6. The molecule has 0 aliphatic carbocycles. The Bertz CT molecular complexity index is 1800. The predicted molar refractivity (Wildman–Crippen MR) is 186 cm³/mol. The van der Waals surface area contributed by atoms with E-state index in [9.17, 15) is 18.0 Å². The maximum atomic E-state index is 14.6. The van der Waals surface area contributed by atoms with Gasteiger partial charge >= 0.3 is 0 Å². The molecule has 0 aliphatic rings. The van der Waals surface area contributed by atoms with Crippen molar-refractivity contribution < 1.29 is 18.0 Å². The van der Waals surface area contributed by atoms with Crippen molar-refractivity contribution in [2.45, 2.75) is 50.7 Å². The van der Waals surface area contributed by atoms with Gasteiger partial charge in [0.15, 0.2) is 0 Å². The summed E-state index contributed by atoms with van der Waals surface area (Å²) in [5.74, 6) is -1.08. The molecule has 0 saturated heterocycles. The number of anilines is 1. The van der Waals surface area contributed by atoms with Gasteiger partial charge in [-0.05, 0) is 68.3 Å². The van der Waals surface area contributed by atoms with Gasteiger partial charge in [-0.25, -0.2) is 8.42 Å². The molecule has 1 unspecified atom stereocenters. The van der Waals surface area contributed by atoms with Crippen LogP contribution in [0.2, 0.25) is 20.1 Å². The Morgan fingerprint density at radius 1 is 0.826 bits per heavy atom. The van der Waals surface area contributed by atoms with Gasteiger partial charge in [0.2, 0.25) is 11.8 Å². The highest BCUT2D eigenvalue weighted by molar-refractivity contribution is 7.92. The molecule has 4 aromatic carbocycles. The fourth-order valence-electron chi connectivity index (χ4n) is 4.80. The Morgan fingerprint density at radius 3 is 2.13 bits per heavy atom. The highest BCUT2D eigenvalue weighted by atomic mass is 35.5. The molecule has 12 heteroatoms. The lowest BCUT2D eigenvalue weighted by atomic mass is 10.0. The predicted octanol–water partition coefficient (Wildman–Crippen LogP) is 7.97. The second-order valence-electron chi connectivity index (χ2n) is 11.0. The van der Waals surface area contributed by atoms with E-state index in [0.29, 0.717) is 10.6 Å². The summed E-state index contributed by atoms with van der Waals surface area (Å²) in [4.78, 5) is 29.7. The van der Waals surface area contributed by atoms with Gasteiger partial charge in [-0.15, -0.1) is 0 Å². The molecule has 0 aromatic heterocycles. The van der Waals surface area contributed by atoms with Crippen LogP contribution in [0.3, 0.4) is 0 Å². The SMILES string of the molecule is Cc1ccc(S(=O)(=O)N(CC(=O)N(Cc2ccc(Cl)cc2Cl)C(Cc2ccccc2)C(=O)NC(C)C)c2cccc(Cl)c2Cl)cc1. The average molecular weight is 722 g/mol. The van der Waals surface area contributed by atoms with E-state index in [2.05, 4.69) is 5.32 Å². The zero-order valence-corrected chi connectivity index (χ0v) is 29.2. The van der Waals surface area contributed by atoms with E-state index in [1.54, 1.807) is 36.4 Å². The molecule has 242 valence electrons. The quantitative estimate of drug-likeness (QED) is 0.161. The van der Waals surface area contributed by atoms with Crippen molar-refractivity contribution >= 4 is 73.9 Å². The van der Waals surface area contributed by atoms with Crippen LogP contribution in [0.15, 0.2) is 95.9 Å². The lowest BCUT2D eigenvalue weighted by Crippen LogP contribution is -2.54. The van der Waals surface area contributed by atoms with Crippen molar-refractivity contribution in [1.29, 1.82) is 0 Å². The standard InChI is InChI=1S/C34H33Cl4N3O4S/c1-22(2)39-34(43)31(18-24-8-5-4-6-9-24)40(20-25-14-15-26(35)19-29(25)37)32(42)21-41(30-11-7-10-28(36)33(30)38)46(44,45)27-16-12-23(3)13-17-27/h4-17,19,22,31H,18,20-21H2,1-3H3,(H,39,43). The fraction of sp³-hybridized carbons (Fsp3) is 0.235. The molecule has 0 aliphatic heterocycles. The molecule has 1 N–H and O–H groups in total. The number of amides is 2. The summed E-state index contributed by atoms with van der Waals surface area (Å²) in [7, 11) is -4.35. The molecule has 4 aromatic rings. The van der Waals surface area contributed by atoms with E-state index in [1.165, 1.54) is 29.2 Å². The molecule has 0 saturated carbocycles. The van der Waals surface area contributed by atoms with Crippen LogP contribution in [0.5, 0.6) is 0 Å². The first-order chi connectivity index (χ1) is 21.8. The molecule has 46 heavy (non-hydrogen) atoms. The molecular weight excluding hydrogens is 688 g/mol. The number of carbonyl (C=O) groups excluding carboxylic acids is 2. The Labute approximate surface area is 290 Å². The number of sulfonamides is 1. The van der Waals surface area contributed by atoms with E-state index >= 15 is 0 Å². The van der Waals surface area contributed by atoms with E-state index < -0.39 is 34.4 Å².